The summed E-state index contributed by atoms with van der Waals surface area (Å²) in [6.45, 7) is 6.51. The minimum atomic E-state index is 0.0547. The van der Waals surface area contributed by atoms with Crippen LogP contribution in [0.15, 0.2) is 4.52 Å². The van der Waals surface area contributed by atoms with Crippen molar-refractivity contribution in [3.63, 3.8) is 0 Å². The number of rotatable bonds is 4. The van der Waals surface area contributed by atoms with E-state index in [0.29, 0.717) is 17.7 Å². The second-order valence-corrected chi connectivity index (χ2v) is 5.56. The van der Waals surface area contributed by atoms with Crippen LogP contribution < -0.4 is 5.32 Å². The van der Waals surface area contributed by atoms with Gasteiger partial charge in [-0.25, -0.2) is 0 Å². The van der Waals surface area contributed by atoms with Crippen LogP contribution in [0.4, 0.5) is 0 Å². The summed E-state index contributed by atoms with van der Waals surface area (Å²) in [6.07, 6.45) is 0. The average Bonchev–Trinajstić information content (AvgIpc) is 2.76. The van der Waals surface area contributed by atoms with Crippen LogP contribution in [0, 0.1) is 0 Å². The third kappa shape index (κ3) is 3.20. The lowest BCUT2D eigenvalue weighted by Crippen LogP contribution is -2.34. The van der Waals surface area contributed by atoms with E-state index in [1.807, 2.05) is 11.8 Å². The Bertz CT molecular complexity index is 324. The molecule has 1 saturated heterocycles. The van der Waals surface area contributed by atoms with E-state index in [4.69, 9.17) is 9.26 Å². The first-order valence-corrected chi connectivity index (χ1v) is 6.56. The van der Waals surface area contributed by atoms with E-state index >= 15 is 0 Å². The second-order valence-electron chi connectivity index (χ2n) is 3.99. The maximum atomic E-state index is 5.35. The fourth-order valence-electron chi connectivity index (χ4n) is 1.43. The number of hydrogen-bond acceptors (Lipinski definition) is 6. The van der Waals surface area contributed by atoms with Crippen molar-refractivity contribution in [1.82, 2.24) is 15.5 Å². The van der Waals surface area contributed by atoms with Crippen molar-refractivity contribution in [1.29, 1.82) is 0 Å². The Morgan fingerprint density at radius 2 is 2.44 bits per heavy atom. The summed E-state index contributed by atoms with van der Waals surface area (Å²) in [7, 11) is 0. The van der Waals surface area contributed by atoms with Crippen LogP contribution in [0.3, 0.4) is 0 Å². The largest absolute Gasteiger partial charge is 0.378 e. The highest BCUT2D eigenvalue weighted by Gasteiger charge is 2.21. The SMILES string of the molecule is CC(C)SCc1noc(C2COCCN2)n1. The van der Waals surface area contributed by atoms with Gasteiger partial charge in [-0.1, -0.05) is 19.0 Å². The molecule has 1 unspecified atom stereocenters. The molecule has 5 nitrogen and oxygen atoms in total. The lowest BCUT2D eigenvalue weighted by Gasteiger charge is -2.20. The molecule has 0 bridgehead atoms. The molecule has 16 heavy (non-hydrogen) atoms. The number of hydrogen-bond donors (Lipinski definition) is 1. The van der Waals surface area contributed by atoms with Gasteiger partial charge in [-0.2, -0.15) is 16.7 Å². The fraction of sp³-hybridized carbons (Fsp3) is 0.800. The Morgan fingerprint density at radius 1 is 1.56 bits per heavy atom. The Hall–Kier alpha value is -0.590. The molecule has 0 saturated carbocycles. The predicted molar refractivity (Wildman–Crippen MR) is 62.3 cm³/mol. The molecule has 1 aliphatic rings. The summed E-state index contributed by atoms with van der Waals surface area (Å²) in [6, 6.07) is 0.0547. The van der Waals surface area contributed by atoms with Crippen LogP contribution in [0.25, 0.3) is 0 Å². The van der Waals surface area contributed by atoms with Crippen molar-refractivity contribution in [3.8, 4) is 0 Å². The smallest absolute Gasteiger partial charge is 0.246 e. The maximum absolute atomic E-state index is 5.35. The number of aromatic nitrogens is 2. The van der Waals surface area contributed by atoms with Crippen LogP contribution in [0.2, 0.25) is 0 Å². The zero-order valence-electron chi connectivity index (χ0n) is 9.60. The van der Waals surface area contributed by atoms with Gasteiger partial charge >= 0.3 is 0 Å². The lowest BCUT2D eigenvalue weighted by atomic mass is 10.3. The molecular formula is C10H17N3O2S. The molecule has 2 heterocycles. The third-order valence-corrected chi connectivity index (χ3v) is 3.34. The summed E-state index contributed by atoms with van der Waals surface area (Å²) in [5.41, 5.74) is 0. The summed E-state index contributed by atoms with van der Waals surface area (Å²) >= 11 is 1.81. The molecule has 6 heteroatoms. The third-order valence-electron chi connectivity index (χ3n) is 2.25. The van der Waals surface area contributed by atoms with Gasteiger partial charge in [0.15, 0.2) is 5.82 Å². The molecule has 0 aliphatic carbocycles. The van der Waals surface area contributed by atoms with Gasteiger partial charge in [-0.15, -0.1) is 0 Å². The minimum absolute atomic E-state index is 0.0547. The summed E-state index contributed by atoms with van der Waals surface area (Å²) in [4.78, 5) is 4.36. The van der Waals surface area contributed by atoms with Crippen molar-refractivity contribution >= 4 is 11.8 Å². The highest BCUT2D eigenvalue weighted by atomic mass is 32.2. The van der Waals surface area contributed by atoms with Gasteiger partial charge in [0.1, 0.15) is 6.04 Å². The number of thioether (sulfide) groups is 1. The Labute approximate surface area is 99.3 Å². The van der Waals surface area contributed by atoms with Gasteiger partial charge in [0.25, 0.3) is 0 Å². The molecule has 1 atom stereocenters. The molecule has 1 aromatic rings. The van der Waals surface area contributed by atoms with Crippen LogP contribution >= 0.6 is 11.8 Å². The Kier molecular flexibility index (Phi) is 4.20. The van der Waals surface area contributed by atoms with Crippen LogP contribution in [-0.2, 0) is 10.5 Å². The van der Waals surface area contributed by atoms with E-state index < -0.39 is 0 Å². The molecule has 1 N–H and O–H groups in total. The monoisotopic (exact) mass is 243 g/mol. The van der Waals surface area contributed by atoms with Crippen molar-refractivity contribution in [3.05, 3.63) is 11.7 Å². The molecule has 0 aromatic carbocycles. The minimum Gasteiger partial charge on any atom is -0.378 e. The molecule has 1 aliphatic heterocycles. The van der Waals surface area contributed by atoms with Crippen LogP contribution in [0.1, 0.15) is 31.6 Å². The van der Waals surface area contributed by atoms with Crippen molar-refractivity contribution < 1.29 is 9.26 Å². The summed E-state index contributed by atoms with van der Waals surface area (Å²) in [5, 5.41) is 7.83. The molecule has 1 aromatic heterocycles. The normalized spacial score (nSPS) is 21.6. The molecule has 0 radical (unpaired) electrons. The summed E-state index contributed by atoms with van der Waals surface area (Å²) < 4.78 is 10.6. The van der Waals surface area contributed by atoms with Crippen molar-refractivity contribution in [2.24, 2.45) is 0 Å². The van der Waals surface area contributed by atoms with Gasteiger partial charge in [0.05, 0.1) is 19.0 Å². The zero-order chi connectivity index (χ0) is 11.4. The van der Waals surface area contributed by atoms with Crippen LogP contribution in [-0.4, -0.2) is 35.1 Å². The first-order valence-electron chi connectivity index (χ1n) is 5.51. The molecule has 90 valence electrons. The maximum Gasteiger partial charge on any atom is 0.246 e. The lowest BCUT2D eigenvalue weighted by molar-refractivity contribution is 0.0659. The average molecular weight is 243 g/mol. The number of nitrogens with zero attached hydrogens (tertiary/aromatic N) is 2. The van der Waals surface area contributed by atoms with E-state index in [2.05, 4.69) is 29.3 Å². The van der Waals surface area contributed by atoms with E-state index in [1.165, 1.54) is 0 Å². The summed E-state index contributed by atoms with van der Waals surface area (Å²) in [5.74, 6) is 2.20. The Balaban J connectivity index is 1.90. The highest BCUT2D eigenvalue weighted by Crippen LogP contribution is 2.18. The molecule has 1 fully saturated rings. The van der Waals surface area contributed by atoms with Crippen LogP contribution in [0.5, 0.6) is 0 Å². The van der Waals surface area contributed by atoms with Crippen molar-refractivity contribution in [2.45, 2.75) is 30.9 Å². The first kappa shape index (κ1) is 11.9. The number of nitrogens with one attached hydrogen (secondary N) is 1. The van der Waals surface area contributed by atoms with Gasteiger partial charge < -0.3 is 14.6 Å². The van der Waals surface area contributed by atoms with E-state index in [-0.39, 0.29) is 6.04 Å². The second kappa shape index (κ2) is 5.65. The standard InChI is InChI=1S/C10H17N3O2S/c1-7(2)16-6-9-12-10(15-13-9)8-5-14-4-3-11-8/h7-8,11H,3-6H2,1-2H3. The van der Waals surface area contributed by atoms with Gasteiger partial charge in [-0.3, -0.25) is 0 Å². The molecule has 2 rings (SSSR count). The Morgan fingerprint density at radius 3 is 3.12 bits per heavy atom. The van der Waals surface area contributed by atoms with Crippen molar-refractivity contribution in [2.75, 3.05) is 19.8 Å². The topological polar surface area (TPSA) is 60.2 Å². The molecule has 0 spiro atoms. The fourth-order valence-corrected chi connectivity index (χ4v) is 2.03. The van der Waals surface area contributed by atoms with E-state index in [1.54, 1.807) is 0 Å². The van der Waals surface area contributed by atoms with Gasteiger partial charge in [0.2, 0.25) is 5.89 Å². The van der Waals surface area contributed by atoms with E-state index in [0.717, 1.165) is 24.7 Å². The number of morpholine rings is 1. The number of ether oxygens (including phenoxy) is 1. The molecular weight excluding hydrogens is 226 g/mol. The van der Waals surface area contributed by atoms with Gasteiger partial charge in [-0.05, 0) is 5.25 Å². The van der Waals surface area contributed by atoms with E-state index in [9.17, 15) is 0 Å². The predicted octanol–water partition coefficient (Wildman–Crippen LogP) is 1.37. The zero-order valence-corrected chi connectivity index (χ0v) is 10.4. The first-order chi connectivity index (χ1) is 7.75. The quantitative estimate of drug-likeness (QED) is 0.862. The molecule has 0 amide bonds. The van der Waals surface area contributed by atoms with Gasteiger partial charge in [0, 0.05) is 6.54 Å². The highest BCUT2D eigenvalue weighted by molar-refractivity contribution is 7.99.